The normalized spacial score (nSPS) is 51.9. The maximum atomic E-state index is 12.4. The molecule has 0 bridgehead atoms. The monoisotopic (exact) mass is 825 g/mol. The van der Waals surface area contributed by atoms with Crippen molar-refractivity contribution in [3.8, 4) is 0 Å². The molecule has 9 nitrogen and oxygen atoms in total. The lowest BCUT2D eigenvalue weighted by Crippen LogP contribution is -2.67. The van der Waals surface area contributed by atoms with Gasteiger partial charge in [0.05, 0.1) is 24.6 Å². The largest absolute Gasteiger partial charge is 0.512 e. The number of aliphatic hydroxyl groups excluding tert-OH is 1. The number of fused-ring (bicyclic) bond motifs is 7. The van der Waals surface area contributed by atoms with Crippen LogP contribution in [0.25, 0.3) is 0 Å². The minimum absolute atomic E-state index is 0.0245. The highest BCUT2D eigenvalue weighted by Gasteiger charge is 2.72. The van der Waals surface area contributed by atoms with E-state index in [1.807, 2.05) is 13.8 Å². The zero-order chi connectivity index (χ0) is 43.2. The van der Waals surface area contributed by atoms with Crippen molar-refractivity contribution in [2.75, 3.05) is 6.61 Å². The highest BCUT2D eigenvalue weighted by Crippen LogP contribution is 2.78. The number of carbonyl (C=O) groups is 2. The smallest absolute Gasteiger partial charge is 0.303 e. The van der Waals surface area contributed by atoms with E-state index in [9.17, 15) is 14.7 Å². The maximum absolute atomic E-state index is 12.4. The summed E-state index contributed by atoms with van der Waals surface area (Å²) in [6, 6.07) is 0. The van der Waals surface area contributed by atoms with Gasteiger partial charge in [-0.3, -0.25) is 9.59 Å². The molecule has 0 amide bonds. The van der Waals surface area contributed by atoms with Gasteiger partial charge in [-0.05, 0) is 148 Å². The molecular weight excluding hydrogens is 745 g/mol. The minimum atomic E-state index is -0.961. The van der Waals surface area contributed by atoms with Crippen molar-refractivity contribution < 1.29 is 43.1 Å². The van der Waals surface area contributed by atoms with E-state index in [1.165, 1.54) is 45.1 Å². The van der Waals surface area contributed by atoms with Crippen molar-refractivity contribution in [1.82, 2.24) is 0 Å². The second-order valence-corrected chi connectivity index (χ2v) is 22.2. The van der Waals surface area contributed by atoms with Crippen LogP contribution in [0.5, 0.6) is 0 Å². The molecule has 5 saturated carbocycles. The van der Waals surface area contributed by atoms with Crippen LogP contribution < -0.4 is 0 Å². The molecule has 59 heavy (non-hydrogen) atoms. The number of rotatable bonds is 9. The van der Waals surface area contributed by atoms with Gasteiger partial charge in [0.2, 0.25) is 0 Å². The van der Waals surface area contributed by atoms with Crippen molar-refractivity contribution in [2.45, 2.75) is 197 Å². The Morgan fingerprint density at radius 2 is 1.41 bits per heavy atom. The molecule has 0 aromatic rings. The van der Waals surface area contributed by atoms with Crippen LogP contribution in [0.3, 0.4) is 0 Å². The molecule has 20 atom stereocenters. The molecule has 0 spiro atoms. The fourth-order valence-electron chi connectivity index (χ4n) is 15.7. The van der Waals surface area contributed by atoms with E-state index in [0.717, 1.165) is 44.9 Å². The van der Waals surface area contributed by atoms with Crippen LogP contribution >= 0.6 is 0 Å². The number of allylic oxidation sites excluding steroid dienone is 2. The van der Waals surface area contributed by atoms with Gasteiger partial charge in [0.25, 0.3) is 0 Å². The van der Waals surface area contributed by atoms with Crippen molar-refractivity contribution in [2.24, 2.45) is 74.4 Å². The molecular formula is C50H80O9. The minimum Gasteiger partial charge on any atom is -0.512 e. The highest BCUT2D eigenvalue weighted by molar-refractivity contribution is 5.67. The fourth-order valence-corrected chi connectivity index (χ4v) is 15.7. The van der Waals surface area contributed by atoms with Crippen LogP contribution in [0.15, 0.2) is 24.5 Å². The summed E-state index contributed by atoms with van der Waals surface area (Å²) in [5, 5.41) is 11.3. The Balaban J connectivity index is 1.14. The fraction of sp³-hybridized carbons (Fsp3) is 0.880. The SMILES string of the molecule is C=C(C)C1CC[C@]2(C(=C)O)CC[C@]3(C)C(CCC4[C@@]5(C)CC[C@H](O[C@@H]6OC[C@H](C)[C@H](C)[C@H]6O[C@@H]6O[C@@H](C)[C@H](C)[C@@H](OC(C)=O)[C@H]6OC(C)=O)[C@@](C)(CC)[C@@H]5CC[C@]43C)C12. The van der Waals surface area contributed by atoms with Gasteiger partial charge in [0, 0.05) is 25.2 Å². The first kappa shape index (κ1) is 45.1. The third kappa shape index (κ3) is 6.99. The summed E-state index contributed by atoms with van der Waals surface area (Å²) in [4.78, 5) is 24.7. The zero-order valence-corrected chi connectivity index (χ0v) is 38.8. The van der Waals surface area contributed by atoms with E-state index in [0.29, 0.717) is 42.0 Å². The van der Waals surface area contributed by atoms with E-state index >= 15 is 0 Å². The summed E-state index contributed by atoms with van der Waals surface area (Å²) in [6.07, 6.45) is 8.17. The predicted octanol–water partition coefficient (Wildman–Crippen LogP) is 10.7. The summed E-state index contributed by atoms with van der Waals surface area (Å²) in [5.41, 5.74) is 1.59. The van der Waals surface area contributed by atoms with Gasteiger partial charge in [0.1, 0.15) is 12.2 Å². The second-order valence-electron chi connectivity index (χ2n) is 22.2. The number of carbonyl (C=O) groups excluding carboxylic acids is 2. The van der Waals surface area contributed by atoms with Crippen LogP contribution in [0, 0.1) is 74.4 Å². The predicted molar refractivity (Wildman–Crippen MR) is 228 cm³/mol. The molecule has 7 rings (SSSR count). The lowest BCUT2D eigenvalue weighted by molar-refractivity contribution is -0.353. The van der Waals surface area contributed by atoms with Crippen molar-refractivity contribution in [1.29, 1.82) is 0 Å². The molecule has 1 N–H and O–H groups in total. The Morgan fingerprint density at radius 3 is 2.03 bits per heavy atom. The van der Waals surface area contributed by atoms with Gasteiger partial charge in [-0.15, -0.1) is 0 Å². The van der Waals surface area contributed by atoms with Crippen molar-refractivity contribution in [3.05, 3.63) is 24.5 Å². The maximum Gasteiger partial charge on any atom is 0.303 e. The van der Waals surface area contributed by atoms with Crippen molar-refractivity contribution in [3.63, 3.8) is 0 Å². The average Bonchev–Trinajstić information content (AvgIpc) is 3.57. The summed E-state index contributed by atoms with van der Waals surface area (Å²) in [5.74, 6) is 2.07. The first-order chi connectivity index (χ1) is 27.6. The Bertz CT molecular complexity index is 1630. The number of esters is 2. The molecule has 4 unspecified atom stereocenters. The van der Waals surface area contributed by atoms with Crippen molar-refractivity contribution >= 4 is 11.9 Å². The third-order valence-corrected chi connectivity index (χ3v) is 19.7. The molecule has 7 fully saturated rings. The summed E-state index contributed by atoms with van der Waals surface area (Å²) in [6.45, 7) is 35.3. The van der Waals surface area contributed by atoms with E-state index < -0.39 is 42.8 Å². The van der Waals surface area contributed by atoms with Crippen LogP contribution in [0.4, 0.5) is 0 Å². The van der Waals surface area contributed by atoms with Gasteiger partial charge in [-0.1, -0.05) is 74.1 Å². The van der Waals surface area contributed by atoms with Gasteiger partial charge in [0.15, 0.2) is 18.7 Å². The molecule has 7 aliphatic rings. The third-order valence-electron chi connectivity index (χ3n) is 19.7. The Morgan fingerprint density at radius 1 is 0.729 bits per heavy atom. The number of hydrogen-bond donors (Lipinski definition) is 1. The zero-order valence-electron chi connectivity index (χ0n) is 38.8. The first-order valence-corrected chi connectivity index (χ1v) is 23.6. The molecule has 9 heteroatoms. The van der Waals surface area contributed by atoms with E-state index in [2.05, 4.69) is 68.5 Å². The molecule has 2 aliphatic heterocycles. The molecule has 2 saturated heterocycles. The summed E-state index contributed by atoms with van der Waals surface area (Å²) < 4.78 is 38.8. The van der Waals surface area contributed by atoms with Gasteiger partial charge >= 0.3 is 11.9 Å². The Labute approximate surface area is 356 Å². The molecule has 0 radical (unpaired) electrons. The second kappa shape index (κ2) is 16.0. The number of aliphatic hydroxyl groups is 1. The quantitative estimate of drug-likeness (QED) is 0.105. The molecule has 0 aromatic carbocycles. The van der Waals surface area contributed by atoms with Gasteiger partial charge < -0.3 is 33.5 Å². The summed E-state index contributed by atoms with van der Waals surface area (Å²) in [7, 11) is 0. The van der Waals surface area contributed by atoms with Crippen LogP contribution in [0.1, 0.15) is 154 Å². The molecule has 0 aromatic heterocycles. The number of ether oxygens (including phenoxy) is 6. The van der Waals surface area contributed by atoms with E-state index in [4.69, 9.17) is 28.4 Å². The first-order valence-electron chi connectivity index (χ1n) is 23.6. The highest BCUT2D eigenvalue weighted by atomic mass is 16.8. The van der Waals surface area contributed by atoms with Crippen LogP contribution in [-0.4, -0.2) is 66.8 Å². The Hall–Kier alpha value is -1.94. The standard InChI is InChI=1S/C50H80O9/c1-15-46(11)37-19-22-49(14)38(17-16-36-40-35(27(2)3)18-23-50(40,32(8)51)25-24-48(36,49)13)47(37,12)21-20-39(46)58-44-42(29(5)28(4)26-54-44)59-45-43(57-34(10)53)41(56-33(9)52)30(6)31(7)55-45/h28-31,35-45,51H,2,8,15-26H2,1,3-7,9-14H3/t28-,29-,30-,31-,35?,36?,37-,38?,39-,40?,41+,42+,43+,44-,45-,46-,47-,48+,49+,50+/m0/s1. The molecule has 5 aliphatic carbocycles. The molecule has 334 valence electrons. The Kier molecular flexibility index (Phi) is 12.2. The molecule has 2 heterocycles. The summed E-state index contributed by atoms with van der Waals surface area (Å²) >= 11 is 0. The average molecular weight is 825 g/mol. The lowest BCUT2D eigenvalue weighted by atomic mass is 9.32. The van der Waals surface area contributed by atoms with Crippen LogP contribution in [-0.2, 0) is 38.0 Å². The van der Waals surface area contributed by atoms with Crippen LogP contribution in [0.2, 0.25) is 0 Å². The van der Waals surface area contributed by atoms with E-state index in [-0.39, 0.29) is 57.0 Å². The lowest BCUT2D eigenvalue weighted by Gasteiger charge is -2.73. The van der Waals surface area contributed by atoms with Gasteiger partial charge in [-0.2, -0.15) is 0 Å². The topological polar surface area (TPSA) is 110 Å². The number of hydrogen-bond acceptors (Lipinski definition) is 9. The van der Waals surface area contributed by atoms with Gasteiger partial charge in [-0.25, -0.2) is 0 Å². The van der Waals surface area contributed by atoms with E-state index in [1.54, 1.807) is 0 Å².